The van der Waals surface area contributed by atoms with Crippen LogP contribution in [0, 0.1) is 5.92 Å². The predicted molar refractivity (Wildman–Crippen MR) is 115 cm³/mol. The van der Waals surface area contributed by atoms with Gasteiger partial charge in [0.1, 0.15) is 0 Å². The zero-order chi connectivity index (χ0) is 24.7. The Morgan fingerprint density at radius 2 is 1.85 bits per heavy atom. The van der Waals surface area contributed by atoms with E-state index in [1.807, 2.05) is 0 Å². The van der Waals surface area contributed by atoms with Gasteiger partial charge in [-0.15, -0.1) is 0 Å². The van der Waals surface area contributed by atoms with Crippen molar-refractivity contribution in [1.29, 1.82) is 0 Å². The molecule has 1 fully saturated rings. The number of hydrogen-bond acceptors (Lipinski definition) is 5. The summed E-state index contributed by atoms with van der Waals surface area (Å²) in [5, 5.41) is 8.52. The molecule has 3 amide bonds. The first-order valence-corrected chi connectivity index (χ1v) is 10.9. The summed E-state index contributed by atoms with van der Waals surface area (Å²) >= 11 is 0. The van der Waals surface area contributed by atoms with Gasteiger partial charge in [-0.2, -0.15) is 18.3 Å². The molecule has 2 aromatic rings. The molecular weight excluding hydrogens is 455 g/mol. The third kappa shape index (κ3) is 6.27. The molecule has 1 aromatic heterocycles. The van der Waals surface area contributed by atoms with E-state index in [0.717, 1.165) is 10.9 Å². The number of carbonyl (C=O) groups is 3. The minimum atomic E-state index is -4.81. The molecule has 3 rings (SSSR count). The van der Waals surface area contributed by atoms with Crippen LogP contribution in [0.1, 0.15) is 35.8 Å². The number of amides is 3. The van der Waals surface area contributed by atoms with Crippen molar-refractivity contribution in [2.75, 3.05) is 32.8 Å². The number of para-hydroxylation sites is 1. The molecule has 1 saturated heterocycles. The Hall–Kier alpha value is -3.57. The molecule has 1 aliphatic rings. The standard InChI is InChI=1S/C22H26F3N5O4/c1-2-34-20(32)15-7-6-12-29(13-15)21(33)27-11-10-26-19(31)17-14-30(16-8-4-3-5-9-16)28-18(17)22(23,24)25/h3-5,8-9,14-15H,2,6-7,10-13H2,1H3,(H,26,31)(H,27,33). The van der Waals surface area contributed by atoms with Crippen LogP contribution in [0.25, 0.3) is 5.69 Å². The molecule has 0 radical (unpaired) electrons. The summed E-state index contributed by atoms with van der Waals surface area (Å²) in [5.74, 6) is -1.69. The molecule has 9 nitrogen and oxygen atoms in total. The first-order chi connectivity index (χ1) is 16.2. The van der Waals surface area contributed by atoms with Gasteiger partial charge in [-0.05, 0) is 31.9 Å². The average molecular weight is 481 g/mol. The largest absolute Gasteiger partial charge is 0.466 e. The Bertz CT molecular complexity index is 1010. The zero-order valence-electron chi connectivity index (χ0n) is 18.6. The van der Waals surface area contributed by atoms with Crippen molar-refractivity contribution >= 4 is 17.9 Å². The lowest BCUT2D eigenvalue weighted by Crippen LogP contribution is -2.48. The minimum Gasteiger partial charge on any atom is -0.466 e. The van der Waals surface area contributed by atoms with Crippen molar-refractivity contribution in [1.82, 2.24) is 25.3 Å². The average Bonchev–Trinajstić information content (AvgIpc) is 3.29. The Labute approximate surface area is 194 Å². The van der Waals surface area contributed by atoms with Gasteiger partial charge in [0.15, 0.2) is 5.69 Å². The number of benzene rings is 1. The van der Waals surface area contributed by atoms with Crippen LogP contribution in [0.2, 0.25) is 0 Å². The van der Waals surface area contributed by atoms with Crippen molar-refractivity contribution in [2.24, 2.45) is 5.92 Å². The third-order valence-electron chi connectivity index (χ3n) is 5.26. The first-order valence-electron chi connectivity index (χ1n) is 10.9. The lowest BCUT2D eigenvalue weighted by molar-refractivity contribution is -0.149. The van der Waals surface area contributed by atoms with Gasteiger partial charge in [-0.25, -0.2) is 9.48 Å². The van der Waals surface area contributed by atoms with Crippen LogP contribution in [-0.4, -0.2) is 65.4 Å². The highest BCUT2D eigenvalue weighted by atomic mass is 19.4. The molecule has 0 spiro atoms. The maximum Gasteiger partial charge on any atom is 0.435 e. The Morgan fingerprint density at radius 3 is 2.53 bits per heavy atom. The Balaban J connectivity index is 1.54. The smallest absolute Gasteiger partial charge is 0.435 e. The number of halogens is 3. The second kappa shape index (κ2) is 11.0. The monoisotopic (exact) mass is 481 g/mol. The summed E-state index contributed by atoms with van der Waals surface area (Å²) in [7, 11) is 0. The molecular formula is C22H26F3N5O4. The second-order valence-corrected chi connectivity index (χ2v) is 7.69. The van der Waals surface area contributed by atoms with E-state index in [0.29, 0.717) is 25.1 Å². The Morgan fingerprint density at radius 1 is 1.15 bits per heavy atom. The molecule has 0 aliphatic carbocycles. The van der Waals surface area contributed by atoms with E-state index in [2.05, 4.69) is 15.7 Å². The number of urea groups is 1. The van der Waals surface area contributed by atoms with Gasteiger partial charge < -0.3 is 20.3 Å². The molecule has 34 heavy (non-hydrogen) atoms. The molecule has 0 saturated carbocycles. The summed E-state index contributed by atoms with van der Waals surface area (Å²) in [6, 6.07) is 7.71. The SMILES string of the molecule is CCOC(=O)C1CCCN(C(=O)NCCNC(=O)c2cn(-c3ccccc3)nc2C(F)(F)F)C1. The highest BCUT2D eigenvalue weighted by Gasteiger charge is 2.39. The molecule has 12 heteroatoms. The molecule has 1 aromatic carbocycles. The first kappa shape index (κ1) is 25.1. The van der Waals surface area contributed by atoms with E-state index in [1.54, 1.807) is 37.3 Å². The Kier molecular flexibility index (Phi) is 8.13. The number of carbonyl (C=O) groups excluding carboxylic acids is 3. The lowest BCUT2D eigenvalue weighted by atomic mass is 9.98. The van der Waals surface area contributed by atoms with Gasteiger partial charge >= 0.3 is 18.2 Å². The van der Waals surface area contributed by atoms with Crippen LogP contribution in [0.5, 0.6) is 0 Å². The van der Waals surface area contributed by atoms with Gasteiger partial charge in [0.05, 0.1) is 23.8 Å². The van der Waals surface area contributed by atoms with E-state index in [-0.39, 0.29) is 38.1 Å². The summed E-state index contributed by atoms with van der Waals surface area (Å²) in [6.07, 6.45) is -2.50. The van der Waals surface area contributed by atoms with Gasteiger partial charge in [0.25, 0.3) is 5.91 Å². The van der Waals surface area contributed by atoms with Crippen molar-refractivity contribution in [2.45, 2.75) is 25.9 Å². The van der Waals surface area contributed by atoms with Crippen LogP contribution in [0.15, 0.2) is 36.5 Å². The molecule has 1 aliphatic heterocycles. The summed E-state index contributed by atoms with van der Waals surface area (Å²) < 4.78 is 46.3. The van der Waals surface area contributed by atoms with Crippen LogP contribution in [-0.2, 0) is 15.7 Å². The van der Waals surface area contributed by atoms with E-state index >= 15 is 0 Å². The number of aromatic nitrogens is 2. The predicted octanol–water partition coefficient (Wildman–Crippen LogP) is 2.61. The van der Waals surface area contributed by atoms with Crippen LogP contribution in [0.3, 0.4) is 0 Å². The van der Waals surface area contributed by atoms with E-state index < -0.39 is 29.4 Å². The number of alkyl halides is 3. The molecule has 0 bridgehead atoms. The molecule has 1 unspecified atom stereocenters. The van der Waals surface area contributed by atoms with E-state index in [9.17, 15) is 27.6 Å². The van der Waals surface area contributed by atoms with Crippen molar-refractivity contribution in [3.63, 3.8) is 0 Å². The highest BCUT2D eigenvalue weighted by Crippen LogP contribution is 2.31. The number of likely N-dealkylation sites (tertiary alicyclic amines) is 1. The molecule has 1 atom stereocenters. The number of piperidine rings is 1. The maximum absolute atomic E-state index is 13.4. The molecule has 2 heterocycles. The van der Waals surface area contributed by atoms with Crippen molar-refractivity contribution in [3.8, 4) is 5.69 Å². The molecule has 2 N–H and O–H groups in total. The fraction of sp³-hybridized carbons (Fsp3) is 0.455. The minimum absolute atomic E-state index is 0.000675. The lowest BCUT2D eigenvalue weighted by Gasteiger charge is -2.31. The van der Waals surface area contributed by atoms with E-state index in [1.165, 1.54) is 4.90 Å². The number of ether oxygens (including phenoxy) is 1. The fourth-order valence-corrected chi connectivity index (χ4v) is 3.63. The fourth-order valence-electron chi connectivity index (χ4n) is 3.63. The summed E-state index contributed by atoms with van der Waals surface area (Å²) in [6.45, 7) is 2.59. The second-order valence-electron chi connectivity index (χ2n) is 7.69. The summed E-state index contributed by atoms with van der Waals surface area (Å²) in [4.78, 5) is 38.2. The number of rotatable bonds is 7. The molecule has 184 valence electrons. The zero-order valence-corrected chi connectivity index (χ0v) is 18.6. The number of nitrogens with zero attached hydrogens (tertiary/aromatic N) is 3. The number of esters is 1. The topological polar surface area (TPSA) is 106 Å². The quantitative estimate of drug-likeness (QED) is 0.467. The van der Waals surface area contributed by atoms with Crippen molar-refractivity contribution < 1.29 is 32.3 Å². The third-order valence-corrected chi connectivity index (χ3v) is 5.26. The van der Waals surface area contributed by atoms with Gasteiger partial charge in [-0.3, -0.25) is 9.59 Å². The van der Waals surface area contributed by atoms with Gasteiger partial charge in [0, 0.05) is 32.4 Å². The maximum atomic E-state index is 13.4. The van der Waals surface area contributed by atoms with Crippen LogP contribution >= 0.6 is 0 Å². The van der Waals surface area contributed by atoms with Gasteiger partial charge in [0.2, 0.25) is 0 Å². The van der Waals surface area contributed by atoms with E-state index in [4.69, 9.17) is 4.74 Å². The van der Waals surface area contributed by atoms with Gasteiger partial charge in [-0.1, -0.05) is 18.2 Å². The number of hydrogen-bond donors (Lipinski definition) is 2. The highest BCUT2D eigenvalue weighted by molar-refractivity contribution is 5.95. The summed E-state index contributed by atoms with van der Waals surface area (Å²) in [5.41, 5.74) is -1.53. The van der Waals surface area contributed by atoms with Crippen molar-refractivity contribution in [3.05, 3.63) is 47.8 Å². The van der Waals surface area contributed by atoms with Crippen LogP contribution in [0.4, 0.5) is 18.0 Å². The normalized spacial score (nSPS) is 16.1. The number of nitrogens with one attached hydrogen (secondary N) is 2. The van der Waals surface area contributed by atoms with Crippen LogP contribution < -0.4 is 10.6 Å².